The number of anilines is 1. The largest absolute Gasteiger partial charge is 0.346 e. The number of amides is 1. The third-order valence-corrected chi connectivity index (χ3v) is 4.16. The van der Waals surface area contributed by atoms with Gasteiger partial charge in [-0.15, -0.1) is 0 Å². The van der Waals surface area contributed by atoms with Gasteiger partial charge >= 0.3 is 0 Å². The number of rotatable bonds is 5. The molecule has 0 saturated carbocycles. The molecular weight excluding hydrogens is 296 g/mol. The summed E-state index contributed by atoms with van der Waals surface area (Å²) in [7, 11) is 0. The molecule has 1 N–H and O–H groups in total. The third kappa shape index (κ3) is 3.93. The molecule has 3 heteroatoms. The van der Waals surface area contributed by atoms with Crippen LogP contribution in [0.15, 0.2) is 73.1 Å². The Bertz CT molecular complexity index is 787. The fraction of sp³-hybridized carbons (Fsp3) is 0.190. The molecule has 122 valence electrons. The van der Waals surface area contributed by atoms with Crippen molar-refractivity contribution in [1.82, 2.24) is 4.57 Å². The molecule has 0 aliphatic carbocycles. The van der Waals surface area contributed by atoms with Crippen LogP contribution in [0.25, 0.3) is 0 Å². The van der Waals surface area contributed by atoms with Gasteiger partial charge in [0.2, 0.25) is 5.91 Å². The van der Waals surface area contributed by atoms with Crippen molar-refractivity contribution in [2.45, 2.75) is 26.3 Å². The fourth-order valence-electron chi connectivity index (χ4n) is 2.76. The van der Waals surface area contributed by atoms with E-state index in [0.29, 0.717) is 6.42 Å². The van der Waals surface area contributed by atoms with Crippen LogP contribution in [0.1, 0.15) is 29.2 Å². The van der Waals surface area contributed by atoms with Gasteiger partial charge in [0, 0.05) is 18.1 Å². The Labute approximate surface area is 143 Å². The first-order valence-electron chi connectivity index (χ1n) is 8.17. The first-order valence-corrected chi connectivity index (χ1v) is 8.17. The Balaban J connectivity index is 1.77. The highest BCUT2D eigenvalue weighted by Crippen LogP contribution is 2.23. The van der Waals surface area contributed by atoms with E-state index in [4.69, 9.17) is 0 Å². The van der Waals surface area contributed by atoms with Crippen LogP contribution in [0.5, 0.6) is 0 Å². The summed E-state index contributed by atoms with van der Waals surface area (Å²) < 4.78 is 2.08. The summed E-state index contributed by atoms with van der Waals surface area (Å²) in [6.07, 6.45) is 4.40. The van der Waals surface area contributed by atoms with E-state index in [1.165, 1.54) is 11.1 Å². The van der Waals surface area contributed by atoms with Gasteiger partial charge < -0.3 is 9.88 Å². The lowest BCUT2D eigenvalue weighted by molar-refractivity contribution is -0.116. The van der Waals surface area contributed by atoms with Gasteiger partial charge in [-0.1, -0.05) is 47.5 Å². The second-order valence-corrected chi connectivity index (χ2v) is 6.18. The van der Waals surface area contributed by atoms with E-state index in [1.54, 1.807) is 0 Å². The SMILES string of the molecule is Cc1ccc(NC(=O)C[C@H](c2ccc(C)cc2)n2cccc2)cc1. The summed E-state index contributed by atoms with van der Waals surface area (Å²) >= 11 is 0. The van der Waals surface area contributed by atoms with Crippen LogP contribution in [0.2, 0.25) is 0 Å². The number of aryl methyl sites for hydroxylation is 2. The van der Waals surface area contributed by atoms with Gasteiger partial charge in [0.1, 0.15) is 0 Å². The molecule has 3 aromatic rings. The molecule has 24 heavy (non-hydrogen) atoms. The van der Waals surface area contributed by atoms with Crippen molar-refractivity contribution >= 4 is 11.6 Å². The highest BCUT2D eigenvalue weighted by molar-refractivity contribution is 5.91. The Morgan fingerprint density at radius 1 is 0.917 bits per heavy atom. The maximum absolute atomic E-state index is 12.5. The molecule has 1 atom stereocenters. The van der Waals surface area contributed by atoms with Gasteiger partial charge in [-0.2, -0.15) is 0 Å². The minimum Gasteiger partial charge on any atom is -0.346 e. The van der Waals surface area contributed by atoms with E-state index in [0.717, 1.165) is 11.3 Å². The molecule has 0 bridgehead atoms. The Morgan fingerprint density at radius 3 is 2.04 bits per heavy atom. The summed E-state index contributed by atoms with van der Waals surface area (Å²) in [6, 6.07) is 20.2. The number of aromatic nitrogens is 1. The molecule has 0 aliphatic heterocycles. The van der Waals surface area contributed by atoms with Gasteiger partial charge in [0.05, 0.1) is 12.5 Å². The maximum Gasteiger partial charge on any atom is 0.226 e. The molecule has 0 radical (unpaired) electrons. The fourth-order valence-corrected chi connectivity index (χ4v) is 2.76. The zero-order valence-corrected chi connectivity index (χ0v) is 14.1. The molecule has 0 spiro atoms. The van der Waals surface area contributed by atoms with Crippen molar-refractivity contribution in [3.05, 3.63) is 89.7 Å². The van der Waals surface area contributed by atoms with Crippen LogP contribution >= 0.6 is 0 Å². The summed E-state index contributed by atoms with van der Waals surface area (Å²) in [5, 5.41) is 2.99. The first-order chi connectivity index (χ1) is 11.6. The summed E-state index contributed by atoms with van der Waals surface area (Å²) in [5.74, 6) is 0.0122. The Morgan fingerprint density at radius 2 is 1.46 bits per heavy atom. The number of hydrogen-bond acceptors (Lipinski definition) is 1. The molecule has 0 unspecified atom stereocenters. The molecule has 0 aliphatic rings. The molecule has 0 saturated heterocycles. The summed E-state index contributed by atoms with van der Waals surface area (Å²) in [6.45, 7) is 4.10. The lowest BCUT2D eigenvalue weighted by Gasteiger charge is -2.19. The standard InChI is InChI=1S/C21H22N2O/c1-16-5-9-18(10-6-16)20(23-13-3-4-14-23)15-21(24)22-19-11-7-17(2)8-12-19/h3-14,20H,15H2,1-2H3,(H,22,24)/t20-/m1/s1. The van der Waals surface area contributed by atoms with E-state index < -0.39 is 0 Å². The lowest BCUT2D eigenvalue weighted by atomic mass is 10.0. The van der Waals surface area contributed by atoms with Gasteiger partial charge in [-0.3, -0.25) is 4.79 Å². The number of nitrogens with zero attached hydrogens (tertiary/aromatic N) is 1. The Kier molecular flexibility index (Phi) is 4.80. The van der Waals surface area contributed by atoms with Crippen LogP contribution in [0.4, 0.5) is 5.69 Å². The molecule has 1 amide bonds. The highest BCUT2D eigenvalue weighted by Gasteiger charge is 2.17. The van der Waals surface area contributed by atoms with Crippen molar-refractivity contribution in [3.63, 3.8) is 0 Å². The summed E-state index contributed by atoms with van der Waals surface area (Å²) in [5.41, 5.74) is 4.36. The van der Waals surface area contributed by atoms with Crippen molar-refractivity contribution in [2.75, 3.05) is 5.32 Å². The van der Waals surface area contributed by atoms with E-state index in [9.17, 15) is 4.79 Å². The quantitative estimate of drug-likeness (QED) is 0.725. The number of nitrogens with one attached hydrogen (secondary N) is 1. The van der Waals surface area contributed by atoms with Crippen LogP contribution < -0.4 is 5.32 Å². The van der Waals surface area contributed by atoms with Gasteiger partial charge in [0.25, 0.3) is 0 Å². The van der Waals surface area contributed by atoms with Crippen LogP contribution in [0.3, 0.4) is 0 Å². The normalized spacial score (nSPS) is 11.9. The van der Waals surface area contributed by atoms with Crippen molar-refractivity contribution in [3.8, 4) is 0 Å². The highest BCUT2D eigenvalue weighted by atomic mass is 16.1. The minimum atomic E-state index is -0.00829. The molecule has 1 aromatic heterocycles. The number of carbonyl (C=O) groups excluding carboxylic acids is 1. The molecule has 3 rings (SSSR count). The van der Waals surface area contributed by atoms with Gasteiger partial charge in [-0.05, 0) is 43.7 Å². The van der Waals surface area contributed by atoms with E-state index >= 15 is 0 Å². The predicted octanol–water partition coefficient (Wildman–Crippen LogP) is 4.72. The molecule has 3 nitrogen and oxygen atoms in total. The average Bonchev–Trinajstić information content (AvgIpc) is 3.10. The van der Waals surface area contributed by atoms with E-state index in [-0.39, 0.29) is 11.9 Å². The molecular formula is C21H22N2O. The van der Waals surface area contributed by atoms with Crippen LogP contribution in [-0.2, 0) is 4.79 Å². The Hall–Kier alpha value is -2.81. The van der Waals surface area contributed by atoms with Crippen molar-refractivity contribution < 1.29 is 4.79 Å². The monoisotopic (exact) mass is 318 g/mol. The van der Waals surface area contributed by atoms with Crippen molar-refractivity contribution in [2.24, 2.45) is 0 Å². The first kappa shape index (κ1) is 16.1. The van der Waals surface area contributed by atoms with E-state index in [2.05, 4.69) is 41.1 Å². The van der Waals surface area contributed by atoms with Gasteiger partial charge in [-0.25, -0.2) is 0 Å². The minimum absolute atomic E-state index is 0.00829. The molecule has 0 fully saturated rings. The smallest absolute Gasteiger partial charge is 0.226 e. The van der Waals surface area contributed by atoms with Crippen LogP contribution in [-0.4, -0.2) is 10.5 Å². The lowest BCUT2D eigenvalue weighted by Crippen LogP contribution is -2.19. The topological polar surface area (TPSA) is 34.0 Å². The van der Waals surface area contributed by atoms with Crippen molar-refractivity contribution in [1.29, 1.82) is 0 Å². The van der Waals surface area contributed by atoms with E-state index in [1.807, 2.05) is 55.7 Å². The predicted molar refractivity (Wildman–Crippen MR) is 98.2 cm³/mol. The number of carbonyl (C=O) groups is 1. The average molecular weight is 318 g/mol. The second kappa shape index (κ2) is 7.18. The summed E-state index contributed by atoms with van der Waals surface area (Å²) in [4.78, 5) is 12.5. The number of benzene rings is 2. The van der Waals surface area contributed by atoms with Gasteiger partial charge in [0.15, 0.2) is 0 Å². The molecule has 2 aromatic carbocycles. The zero-order valence-electron chi connectivity index (χ0n) is 14.1. The third-order valence-electron chi connectivity index (χ3n) is 4.16. The number of hydrogen-bond donors (Lipinski definition) is 1. The molecule has 1 heterocycles. The maximum atomic E-state index is 12.5. The van der Waals surface area contributed by atoms with Crippen LogP contribution in [0, 0.1) is 13.8 Å². The second-order valence-electron chi connectivity index (χ2n) is 6.18. The zero-order chi connectivity index (χ0) is 16.9.